The van der Waals surface area contributed by atoms with Gasteiger partial charge in [0, 0.05) is 17.0 Å². The molecule has 1 atom stereocenters. The monoisotopic (exact) mass is 345 g/mol. The van der Waals surface area contributed by atoms with Crippen molar-refractivity contribution in [3.8, 4) is 0 Å². The Hall–Kier alpha value is -1.17. The summed E-state index contributed by atoms with van der Waals surface area (Å²) in [6, 6.07) is 5.81. The molecule has 0 aromatic heterocycles. The predicted molar refractivity (Wildman–Crippen MR) is 91.4 cm³/mol. The van der Waals surface area contributed by atoms with Gasteiger partial charge in [-0.2, -0.15) is 0 Å². The summed E-state index contributed by atoms with van der Waals surface area (Å²) < 4.78 is 26.3. The van der Waals surface area contributed by atoms with E-state index in [0.717, 1.165) is 31.0 Å². The topological polar surface area (TPSA) is 43.1 Å². The first-order valence-corrected chi connectivity index (χ1v) is 9.11. The summed E-state index contributed by atoms with van der Waals surface area (Å²) in [5.41, 5.74) is -0.0185. The summed E-state index contributed by atoms with van der Waals surface area (Å²) >= 11 is 1.12. The van der Waals surface area contributed by atoms with E-state index in [1.165, 1.54) is 37.8 Å². The van der Waals surface area contributed by atoms with Gasteiger partial charge in [0.1, 0.15) is 0 Å². The van der Waals surface area contributed by atoms with Crippen molar-refractivity contribution in [3.63, 3.8) is 0 Å². The normalized spacial score (nSPS) is 12.5. The van der Waals surface area contributed by atoms with Crippen LogP contribution in [0.15, 0.2) is 29.2 Å². The molecule has 1 aromatic rings. The molecule has 0 saturated heterocycles. The highest BCUT2D eigenvalue weighted by Crippen LogP contribution is 2.32. The van der Waals surface area contributed by atoms with E-state index in [9.17, 15) is 18.9 Å². The minimum absolute atomic E-state index is 0.0185. The second-order valence-electron chi connectivity index (χ2n) is 5.65. The van der Waals surface area contributed by atoms with Crippen molar-refractivity contribution in [2.75, 3.05) is 0 Å². The number of benzene rings is 1. The highest BCUT2D eigenvalue weighted by molar-refractivity contribution is 8.00. The zero-order valence-electron chi connectivity index (χ0n) is 13.5. The second-order valence-corrected chi connectivity index (χ2v) is 6.96. The van der Waals surface area contributed by atoms with Crippen LogP contribution in [0.25, 0.3) is 0 Å². The van der Waals surface area contributed by atoms with Crippen molar-refractivity contribution >= 4 is 17.4 Å². The molecule has 3 nitrogen and oxygen atoms in total. The molecule has 6 heteroatoms. The zero-order valence-corrected chi connectivity index (χ0v) is 14.4. The Bertz CT molecular complexity index is 454. The second kappa shape index (κ2) is 11.4. The van der Waals surface area contributed by atoms with Crippen LogP contribution >= 0.6 is 11.8 Å². The molecule has 1 unspecified atom stereocenters. The molecule has 0 radical (unpaired) electrons. The summed E-state index contributed by atoms with van der Waals surface area (Å²) in [5.74, 6) is 0. The van der Waals surface area contributed by atoms with Gasteiger partial charge in [-0.05, 0) is 18.6 Å². The van der Waals surface area contributed by atoms with Crippen molar-refractivity contribution in [1.29, 1.82) is 0 Å². The van der Waals surface area contributed by atoms with Crippen molar-refractivity contribution < 1.29 is 13.7 Å². The molecule has 0 saturated carbocycles. The number of unbranched alkanes of at least 4 members (excludes halogenated alkanes) is 6. The quantitative estimate of drug-likeness (QED) is 0.189. The number of alkyl halides is 2. The first kappa shape index (κ1) is 19.9. The van der Waals surface area contributed by atoms with E-state index in [1.54, 1.807) is 12.1 Å². The van der Waals surface area contributed by atoms with Crippen LogP contribution in [0.1, 0.15) is 58.3 Å². The molecule has 0 aliphatic carbocycles. The van der Waals surface area contributed by atoms with Gasteiger partial charge in [-0.1, -0.05) is 51.9 Å². The number of nitro groups is 1. The molecule has 0 bridgehead atoms. The number of rotatable bonds is 12. The lowest BCUT2D eigenvalue weighted by atomic mass is 10.1. The molecule has 0 amide bonds. The van der Waals surface area contributed by atoms with Gasteiger partial charge < -0.3 is 0 Å². The highest BCUT2D eigenvalue weighted by atomic mass is 32.2. The van der Waals surface area contributed by atoms with E-state index in [-0.39, 0.29) is 5.69 Å². The lowest BCUT2D eigenvalue weighted by Gasteiger charge is -2.15. The van der Waals surface area contributed by atoms with E-state index in [2.05, 4.69) is 6.92 Å². The molecule has 23 heavy (non-hydrogen) atoms. The Morgan fingerprint density at radius 1 is 1.04 bits per heavy atom. The van der Waals surface area contributed by atoms with Crippen LogP contribution in [0.4, 0.5) is 14.5 Å². The number of halogens is 2. The van der Waals surface area contributed by atoms with Crippen molar-refractivity contribution in [2.24, 2.45) is 0 Å². The first-order chi connectivity index (χ1) is 11.0. The van der Waals surface area contributed by atoms with Crippen LogP contribution < -0.4 is 0 Å². The van der Waals surface area contributed by atoms with Gasteiger partial charge >= 0.3 is 0 Å². The molecule has 130 valence electrons. The standard InChI is InChI=1S/C17H25F2NO2S/c1-2-3-4-5-6-7-8-9-16(17(18)19)23-15-12-10-14(11-13-15)20(21)22/h10-13,16-17H,2-9H2,1H3. The third-order valence-electron chi connectivity index (χ3n) is 3.71. The fraction of sp³-hybridized carbons (Fsp3) is 0.647. The van der Waals surface area contributed by atoms with Gasteiger partial charge in [-0.3, -0.25) is 10.1 Å². The van der Waals surface area contributed by atoms with E-state index in [1.807, 2.05) is 0 Å². The van der Waals surface area contributed by atoms with Gasteiger partial charge in [-0.25, -0.2) is 8.78 Å². The van der Waals surface area contributed by atoms with Gasteiger partial charge in [0.25, 0.3) is 12.1 Å². The van der Waals surface area contributed by atoms with Crippen molar-refractivity contribution in [3.05, 3.63) is 34.4 Å². The Kier molecular flexibility index (Phi) is 9.83. The van der Waals surface area contributed by atoms with Crippen molar-refractivity contribution in [1.82, 2.24) is 0 Å². The van der Waals surface area contributed by atoms with Crippen LogP contribution in [0.2, 0.25) is 0 Å². The highest BCUT2D eigenvalue weighted by Gasteiger charge is 2.21. The Morgan fingerprint density at radius 3 is 2.13 bits per heavy atom. The molecular formula is C17H25F2NO2S. The van der Waals surface area contributed by atoms with Gasteiger partial charge in [0.05, 0.1) is 10.2 Å². The summed E-state index contributed by atoms with van der Waals surface area (Å²) in [7, 11) is 0. The number of non-ortho nitro benzene ring substituents is 1. The Morgan fingerprint density at radius 2 is 1.61 bits per heavy atom. The van der Waals surface area contributed by atoms with Crippen LogP contribution in [-0.4, -0.2) is 16.6 Å². The SMILES string of the molecule is CCCCCCCCCC(Sc1ccc([N+](=O)[O-])cc1)C(F)F. The maximum atomic E-state index is 13.1. The molecule has 0 aliphatic heterocycles. The van der Waals surface area contributed by atoms with E-state index < -0.39 is 16.6 Å². The van der Waals surface area contributed by atoms with E-state index in [4.69, 9.17) is 0 Å². The number of thioether (sulfide) groups is 1. The fourth-order valence-electron chi connectivity index (χ4n) is 2.36. The molecule has 0 spiro atoms. The lowest BCUT2D eigenvalue weighted by Crippen LogP contribution is -2.13. The number of nitrogens with zero attached hydrogens (tertiary/aromatic N) is 1. The minimum Gasteiger partial charge on any atom is -0.258 e. The van der Waals surface area contributed by atoms with E-state index >= 15 is 0 Å². The Labute approximate surface area is 141 Å². The molecule has 1 aromatic carbocycles. The van der Waals surface area contributed by atoms with Gasteiger partial charge in [0.15, 0.2) is 0 Å². The minimum atomic E-state index is -2.38. The maximum Gasteiger partial charge on any atom is 0.269 e. The summed E-state index contributed by atoms with van der Waals surface area (Å²) in [4.78, 5) is 10.8. The third kappa shape index (κ3) is 8.30. The van der Waals surface area contributed by atoms with Crippen molar-refractivity contribution in [2.45, 2.75) is 74.9 Å². The average molecular weight is 345 g/mol. The number of nitro benzene ring substituents is 1. The smallest absolute Gasteiger partial charge is 0.258 e. The van der Waals surface area contributed by atoms with Crippen LogP contribution in [-0.2, 0) is 0 Å². The van der Waals surface area contributed by atoms with Crippen LogP contribution in [0.3, 0.4) is 0 Å². The molecule has 1 rings (SSSR count). The summed E-state index contributed by atoms with van der Waals surface area (Å²) in [6.07, 6.45) is 5.87. The molecule has 0 aliphatic rings. The summed E-state index contributed by atoms with van der Waals surface area (Å²) in [6.45, 7) is 2.17. The zero-order chi connectivity index (χ0) is 17.1. The molecular weight excluding hydrogens is 320 g/mol. The average Bonchev–Trinajstić information content (AvgIpc) is 2.53. The van der Waals surface area contributed by atoms with Crippen LogP contribution in [0, 0.1) is 10.1 Å². The van der Waals surface area contributed by atoms with Gasteiger partial charge in [0.2, 0.25) is 0 Å². The van der Waals surface area contributed by atoms with Gasteiger partial charge in [-0.15, -0.1) is 11.8 Å². The number of hydrogen-bond acceptors (Lipinski definition) is 3. The lowest BCUT2D eigenvalue weighted by molar-refractivity contribution is -0.384. The first-order valence-electron chi connectivity index (χ1n) is 8.24. The fourth-order valence-corrected chi connectivity index (χ4v) is 3.39. The molecule has 0 heterocycles. The predicted octanol–water partition coefficient (Wildman–Crippen LogP) is 6.46. The maximum absolute atomic E-state index is 13.1. The third-order valence-corrected chi connectivity index (χ3v) is 5.00. The molecule has 0 fully saturated rings. The molecule has 0 N–H and O–H groups in total. The Balaban J connectivity index is 2.35. The number of hydrogen-bond donors (Lipinski definition) is 0. The van der Waals surface area contributed by atoms with E-state index in [0.29, 0.717) is 11.3 Å². The van der Waals surface area contributed by atoms with Crippen LogP contribution in [0.5, 0.6) is 0 Å². The largest absolute Gasteiger partial charge is 0.269 e. The summed E-state index contributed by atoms with van der Waals surface area (Å²) in [5, 5.41) is 9.85.